The van der Waals surface area contributed by atoms with Crippen molar-refractivity contribution >= 4 is 15.9 Å². The molecule has 2 heteroatoms. The number of halogens is 1. The van der Waals surface area contributed by atoms with Gasteiger partial charge in [-0.1, -0.05) is 68.1 Å². The molecule has 0 aliphatic heterocycles. The molecule has 0 spiro atoms. The van der Waals surface area contributed by atoms with Gasteiger partial charge in [0.25, 0.3) is 0 Å². The molecule has 0 radical (unpaired) electrons. The van der Waals surface area contributed by atoms with Gasteiger partial charge in [-0.25, -0.2) is 0 Å². The van der Waals surface area contributed by atoms with Crippen LogP contribution >= 0.6 is 15.9 Å². The van der Waals surface area contributed by atoms with Crippen LogP contribution in [-0.2, 0) is 5.41 Å². The quantitative estimate of drug-likeness (QED) is 0.639. The Balaban J connectivity index is 1.96. The predicted octanol–water partition coefficient (Wildman–Crippen LogP) is 5.71. The van der Waals surface area contributed by atoms with Gasteiger partial charge >= 0.3 is 0 Å². The van der Waals surface area contributed by atoms with Crippen molar-refractivity contribution < 1.29 is 4.74 Å². The van der Waals surface area contributed by atoms with E-state index in [1.165, 1.54) is 37.7 Å². The summed E-state index contributed by atoms with van der Waals surface area (Å²) in [5.41, 5.74) is 1.91. The van der Waals surface area contributed by atoms with Crippen LogP contribution in [0.5, 0.6) is 5.75 Å². The van der Waals surface area contributed by atoms with E-state index in [0.29, 0.717) is 5.41 Å². The minimum atomic E-state index is 0.207. The van der Waals surface area contributed by atoms with Crippen molar-refractivity contribution in [1.82, 2.24) is 0 Å². The van der Waals surface area contributed by atoms with E-state index >= 15 is 0 Å². The van der Waals surface area contributed by atoms with Crippen molar-refractivity contribution in [2.45, 2.75) is 58.3 Å². The molecule has 0 unspecified atom stereocenters. The third-order valence-corrected chi connectivity index (χ3v) is 5.65. The van der Waals surface area contributed by atoms with Crippen molar-refractivity contribution in [2.75, 3.05) is 11.9 Å². The van der Waals surface area contributed by atoms with E-state index in [2.05, 4.69) is 61.0 Å². The highest BCUT2D eigenvalue weighted by atomic mass is 79.9. The smallest absolute Gasteiger partial charge is 0.119 e. The second kappa shape index (κ2) is 6.51. The molecule has 1 aromatic rings. The van der Waals surface area contributed by atoms with E-state index in [0.717, 1.165) is 17.7 Å². The average molecular weight is 339 g/mol. The van der Waals surface area contributed by atoms with Gasteiger partial charge in [0.15, 0.2) is 0 Å². The van der Waals surface area contributed by atoms with Gasteiger partial charge in [0.05, 0.1) is 6.61 Å². The van der Waals surface area contributed by atoms with Gasteiger partial charge in [0, 0.05) is 10.7 Å². The van der Waals surface area contributed by atoms with Crippen LogP contribution in [0.15, 0.2) is 24.3 Å². The standard InChI is InChI=1S/C18H27BrO/c1-17(2,3)15-7-9-16(10-8-15)20-14-18(13-19)11-5-4-6-12-18/h7-10H,4-6,11-14H2,1-3H3. The van der Waals surface area contributed by atoms with Crippen LogP contribution in [0, 0.1) is 5.41 Å². The molecule has 20 heavy (non-hydrogen) atoms. The number of hydrogen-bond acceptors (Lipinski definition) is 1. The Morgan fingerprint density at radius 1 is 1.05 bits per heavy atom. The summed E-state index contributed by atoms with van der Waals surface area (Å²) in [6, 6.07) is 8.62. The van der Waals surface area contributed by atoms with Crippen LogP contribution in [-0.4, -0.2) is 11.9 Å². The lowest BCUT2D eigenvalue weighted by atomic mass is 9.76. The van der Waals surface area contributed by atoms with Gasteiger partial charge in [-0.15, -0.1) is 0 Å². The normalized spacial score (nSPS) is 18.8. The second-order valence-corrected chi connectivity index (χ2v) is 7.82. The molecule has 0 atom stereocenters. The highest BCUT2D eigenvalue weighted by molar-refractivity contribution is 9.09. The van der Waals surface area contributed by atoms with E-state index in [1.807, 2.05) is 0 Å². The average Bonchev–Trinajstić information content (AvgIpc) is 2.46. The lowest BCUT2D eigenvalue weighted by molar-refractivity contribution is 0.122. The third kappa shape index (κ3) is 4.00. The number of ether oxygens (including phenoxy) is 1. The summed E-state index contributed by atoms with van der Waals surface area (Å²) in [6.45, 7) is 7.56. The maximum absolute atomic E-state index is 6.08. The van der Waals surface area contributed by atoms with Crippen LogP contribution in [0.3, 0.4) is 0 Å². The van der Waals surface area contributed by atoms with Crippen molar-refractivity contribution in [3.8, 4) is 5.75 Å². The van der Waals surface area contributed by atoms with Crippen LogP contribution < -0.4 is 4.74 Å². The molecule has 0 N–H and O–H groups in total. The monoisotopic (exact) mass is 338 g/mol. The summed E-state index contributed by atoms with van der Waals surface area (Å²) >= 11 is 3.70. The molecule has 1 aliphatic carbocycles. The predicted molar refractivity (Wildman–Crippen MR) is 89.9 cm³/mol. The Labute approximate surface area is 132 Å². The highest BCUT2D eigenvalue weighted by Crippen LogP contribution is 2.38. The van der Waals surface area contributed by atoms with Crippen molar-refractivity contribution in [2.24, 2.45) is 5.41 Å². The van der Waals surface area contributed by atoms with Crippen molar-refractivity contribution in [3.63, 3.8) is 0 Å². The molecule has 2 rings (SSSR count). The van der Waals surface area contributed by atoms with Gasteiger partial charge in [-0.3, -0.25) is 0 Å². The topological polar surface area (TPSA) is 9.23 Å². The summed E-state index contributed by atoms with van der Waals surface area (Å²) in [5, 5.41) is 1.06. The zero-order valence-corrected chi connectivity index (χ0v) is 14.6. The first-order chi connectivity index (χ1) is 9.45. The molecule has 0 saturated heterocycles. The van der Waals surface area contributed by atoms with Crippen molar-refractivity contribution in [1.29, 1.82) is 0 Å². The van der Waals surface area contributed by atoms with Gasteiger partial charge in [-0.2, -0.15) is 0 Å². The molecule has 1 aliphatic rings. The fraction of sp³-hybridized carbons (Fsp3) is 0.667. The van der Waals surface area contributed by atoms with Crippen LogP contribution in [0.4, 0.5) is 0 Å². The molecule has 1 fully saturated rings. The lowest BCUT2D eigenvalue weighted by Crippen LogP contribution is -2.32. The largest absolute Gasteiger partial charge is 0.493 e. The SMILES string of the molecule is CC(C)(C)c1ccc(OCC2(CBr)CCCCC2)cc1. The molecule has 1 aromatic carbocycles. The van der Waals surface area contributed by atoms with E-state index in [4.69, 9.17) is 4.74 Å². The second-order valence-electron chi connectivity index (χ2n) is 7.26. The van der Waals surface area contributed by atoms with E-state index < -0.39 is 0 Å². The van der Waals surface area contributed by atoms with Gasteiger partial charge < -0.3 is 4.74 Å². The Bertz CT molecular complexity index is 410. The minimum absolute atomic E-state index is 0.207. The third-order valence-electron chi connectivity index (χ3n) is 4.46. The van der Waals surface area contributed by atoms with Crippen molar-refractivity contribution in [3.05, 3.63) is 29.8 Å². The molecule has 1 nitrogen and oxygen atoms in total. The first-order valence-electron chi connectivity index (χ1n) is 7.75. The highest BCUT2D eigenvalue weighted by Gasteiger charge is 2.31. The number of rotatable bonds is 4. The van der Waals surface area contributed by atoms with E-state index in [9.17, 15) is 0 Å². The fourth-order valence-electron chi connectivity index (χ4n) is 2.91. The molecule has 112 valence electrons. The summed E-state index contributed by atoms with van der Waals surface area (Å²) in [7, 11) is 0. The Morgan fingerprint density at radius 2 is 1.65 bits per heavy atom. The molecule has 1 saturated carbocycles. The maximum Gasteiger partial charge on any atom is 0.119 e. The zero-order chi connectivity index (χ0) is 14.6. The summed E-state index contributed by atoms with van der Waals surface area (Å²) in [5.74, 6) is 1.00. The molecule has 0 heterocycles. The Kier molecular flexibility index (Phi) is 5.17. The number of alkyl halides is 1. The van der Waals surface area contributed by atoms with Gasteiger partial charge in [0.2, 0.25) is 0 Å². The van der Waals surface area contributed by atoms with Crippen LogP contribution in [0.25, 0.3) is 0 Å². The summed E-state index contributed by atoms with van der Waals surface area (Å²) < 4.78 is 6.08. The minimum Gasteiger partial charge on any atom is -0.493 e. The molecule has 0 amide bonds. The molecule has 0 bridgehead atoms. The fourth-order valence-corrected chi connectivity index (χ4v) is 3.63. The van der Waals surface area contributed by atoms with Crippen LogP contribution in [0.2, 0.25) is 0 Å². The van der Waals surface area contributed by atoms with E-state index in [1.54, 1.807) is 0 Å². The lowest BCUT2D eigenvalue weighted by Gasteiger charge is -2.35. The Morgan fingerprint density at radius 3 is 2.15 bits per heavy atom. The Hall–Kier alpha value is -0.500. The number of hydrogen-bond donors (Lipinski definition) is 0. The number of benzene rings is 1. The van der Waals surface area contributed by atoms with Gasteiger partial charge in [0.1, 0.15) is 5.75 Å². The van der Waals surface area contributed by atoms with Crippen LogP contribution in [0.1, 0.15) is 58.4 Å². The first-order valence-corrected chi connectivity index (χ1v) is 8.87. The molecular formula is C18H27BrO. The molecular weight excluding hydrogens is 312 g/mol. The first kappa shape index (κ1) is 15.9. The summed E-state index contributed by atoms with van der Waals surface area (Å²) in [6.07, 6.45) is 6.65. The molecule has 0 aromatic heterocycles. The maximum atomic E-state index is 6.08. The summed E-state index contributed by atoms with van der Waals surface area (Å²) in [4.78, 5) is 0. The van der Waals surface area contributed by atoms with Gasteiger partial charge in [-0.05, 0) is 36.0 Å². The zero-order valence-electron chi connectivity index (χ0n) is 13.0. The van der Waals surface area contributed by atoms with E-state index in [-0.39, 0.29) is 5.41 Å².